The van der Waals surface area contributed by atoms with Crippen LogP contribution in [0.4, 0.5) is 5.69 Å². The standard InChI is InChI=1S/C22H28N2O4/c1-15(2)11-20(22(26)27)23-13-17-5-4-6-19(12-17)28-14-21(25)24-18-9-7-16(3)8-10-18/h4-10,12,15,20,23H,11,13-14H2,1-3H3,(H,24,25)(H,26,27). The van der Waals surface area contributed by atoms with E-state index in [9.17, 15) is 14.7 Å². The van der Waals surface area contributed by atoms with E-state index < -0.39 is 12.0 Å². The quantitative estimate of drug-likeness (QED) is 0.583. The van der Waals surface area contributed by atoms with Gasteiger partial charge in [0.1, 0.15) is 11.8 Å². The van der Waals surface area contributed by atoms with Gasteiger partial charge in [0, 0.05) is 12.2 Å². The third-order valence-electron chi connectivity index (χ3n) is 4.16. The number of carbonyl (C=O) groups excluding carboxylic acids is 1. The van der Waals surface area contributed by atoms with Gasteiger partial charge in [0.05, 0.1) is 0 Å². The maximum Gasteiger partial charge on any atom is 0.320 e. The Labute approximate surface area is 165 Å². The Morgan fingerprint density at radius 3 is 2.46 bits per heavy atom. The number of rotatable bonds is 10. The van der Waals surface area contributed by atoms with E-state index in [0.29, 0.717) is 18.7 Å². The molecule has 0 heterocycles. The first-order chi connectivity index (χ1) is 13.3. The van der Waals surface area contributed by atoms with Gasteiger partial charge in [-0.25, -0.2) is 0 Å². The lowest BCUT2D eigenvalue weighted by Crippen LogP contribution is -2.37. The Hall–Kier alpha value is -2.86. The Kier molecular flexibility index (Phi) is 8.02. The number of hydrogen-bond donors (Lipinski definition) is 3. The summed E-state index contributed by atoms with van der Waals surface area (Å²) in [6.45, 7) is 6.28. The van der Waals surface area contributed by atoms with Crippen LogP contribution in [0.3, 0.4) is 0 Å². The number of anilines is 1. The molecule has 1 unspecified atom stereocenters. The van der Waals surface area contributed by atoms with Gasteiger partial charge in [0.2, 0.25) is 0 Å². The summed E-state index contributed by atoms with van der Waals surface area (Å²) < 4.78 is 5.57. The van der Waals surface area contributed by atoms with Crippen LogP contribution in [0.1, 0.15) is 31.4 Å². The van der Waals surface area contributed by atoms with Crippen LogP contribution < -0.4 is 15.4 Å². The lowest BCUT2D eigenvalue weighted by atomic mass is 10.0. The van der Waals surface area contributed by atoms with Crippen molar-refractivity contribution >= 4 is 17.6 Å². The second-order valence-electron chi connectivity index (χ2n) is 7.25. The maximum absolute atomic E-state index is 12.0. The maximum atomic E-state index is 12.0. The highest BCUT2D eigenvalue weighted by Gasteiger charge is 2.18. The van der Waals surface area contributed by atoms with Crippen molar-refractivity contribution in [3.8, 4) is 5.75 Å². The topological polar surface area (TPSA) is 87.7 Å². The summed E-state index contributed by atoms with van der Waals surface area (Å²) in [7, 11) is 0. The molecule has 3 N–H and O–H groups in total. The second kappa shape index (κ2) is 10.5. The lowest BCUT2D eigenvalue weighted by molar-refractivity contribution is -0.140. The van der Waals surface area contributed by atoms with Crippen molar-refractivity contribution in [3.05, 3.63) is 59.7 Å². The molecule has 2 aromatic carbocycles. The highest BCUT2D eigenvalue weighted by Crippen LogP contribution is 2.15. The third-order valence-corrected chi connectivity index (χ3v) is 4.16. The van der Waals surface area contributed by atoms with Crippen LogP contribution in [0.15, 0.2) is 48.5 Å². The lowest BCUT2D eigenvalue weighted by Gasteiger charge is -2.16. The highest BCUT2D eigenvalue weighted by atomic mass is 16.5. The number of aryl methyl sites for hydroxylation is 1. The average molecular weight is 384 g/mol. The molecule has 0 aliphatic carbocycles. The number of ether oxygens (including phenoxy) is 1. The van der Waals surface area contributed by atoms with Crippen molar-refractivity contribution in [2.45, 2.75) is 39.8 Å². The summed E-state index contributed by atoms with van der Waals surface area (Å²) in [4.78, 5) is 23.4. The van der Waals surface area contributed by atoms with Gasteiger partial charge < -0.3 is 20.5 Å². The van der Waals surface area contributed by atoms with Gasteiger partial charge in [0.25, 0.3) is 5.91 Å². The molecular formula is C22H28N2O4. The Morgan fingerprint density at radius 2 is 1.82 bits per heavy atom. The summed E-state index contributed by atoms with van der Waals surface area (Å²) >= 11 is 0. The monoisotopic (exact) mass is 384 g/mol. The Balaban J connectivity index is 1.85. The number of nitrogens with one attached hydrogen (secondary N) is 2. The fourth-order valence-electron chi connectivity index (χ4n) is 2.71. The Bertz CT molecular complexity index is 787. The van der Waals surface area contributed by atoms with Crippen LogP contribution in [-0.4, -0.2) is 29.6 Å². The van der Waals surface area contributed by atoms with E-state index in [2.05, 4.69) is 10.6 Å². The van der Waals surface area contributed by atoms with Gasteiger partial charge in [-0.1, -0.05) is 43.7 Å². The van der Waals surface area contributed by atoms with Gasteiger partial charge in [-0.3, -0.25) is 9.59 Å². The van der Waals surface area contributed by atoms with Crippen LogP contribution in [-0.2, 0) is 16.1 Å². The zero-order chi connectivity index (χ0) is 20.5. The molecule has 0 bridgehead atoms. The minimum Gasteiger partial charge on any atom is -0.484 e. The molecule has 0 radical (unpaired) electrons. The zero-order valence-corrected chi connectivity index (χ0v) is 16.6. The first-order valence-electron chi connectivity index (χ1n) is 9.38. The molecule has 0 saturated carbocycles. The molecular weight excluding hydrogens is 356 g/mol. The fraction of sp³-hybridized carbons (Fsp3) is 0.364. The molecule has 28 heavy (non-hydrogen) atoms. The second-order valence-corrected chi connectivity index (χ2v) is 7.25. The molecule has 0 fully saturated rings. The number of amides is 1. The molecule has 6 heteroatoms. The van der Waals surface area contributed by atoms with E-state index >= 15 is 0 Å². The van der Waals surface area contributed by atoms with Crippen molar-refractivity contribution in [3.63, 3.8) is 0 Å². The number of carboxylic acids is 1. The minimum absolute atomic E-state index is 0.101. The number of hydrogen-bond acceptors (Lipinski definition) is 4. The predicted molar refractivity (Wildman–Crippen MR) is 109 cm³/mol. The van der Waals surface area contributed by atoms with Crippen LogP contribution in [0.5, 0.6) is 5.75 Å². The molecule has 0 aromatic heterocycles. The van der Waals surface area contributed by atoms with E-state index in [1.165, 1.54) is 0 Å². The summed E-state index contributed by atoms with van der Waals surface area (Å²) in [6.07, 6.45) is 0.560. The van der Waals surface area contributed by atoms with Gasteiger partial charge >= 0.3 is 5.97 Å². The van der Waals surface area contributed by atoms with Crippen molar-refractivity contribution in [2.75, 3.05) is 11.9 Å². The summed E-state index contributed by atoms with van der Waals surface area (Å²) in [5, 5.41) is 15.1. The van der Waals surface area contributed by atoms with Gasteiger partial charge in [0.15, 0.2) is 6.61 Å². The first-order valence-corrected chi connectivity index (χ1v) is 9.38. The number of carbonyl (C=O) groups is 2. The number of carboxylic acid groups (broad SMARTS) is 1. The van der Waals surface area contributed by atoms with E-state index in [1.54, 1.807) is 12.1 Å². The normalized spacial score (nSPS) is 11.9. The van der Waals surface area contributed by atoms with Gasteiger partial charge in [-0.2, -0.15) is 0 Å². The predicted octanol–water partition coefficient (Wildman–Crippen LogP) is 3.60. The molecule has 0 spiro atoms. The van der Waals surface area contributed by atoms with Gasteiger partial charge in [-0.05, 0) is 49.1 Å². The van der Waals surface area contributed by atoms with E-state index in [1.807, 2.05) is 57.2 Å². The summed E-state index contributed by atoms with van der Waals surface area (Å²) in [5.41, 5.74) is 2.74. The Morgan fingerprint density at radius 1 is 1.11 bits per heavy atom. The van der Waals surface area contributed by atoms with Crippen molar-refractivity contribution in [2.24, 2.45) is 5.92 Å². The molecule has 2 rings (SSSR count). The van der Waals surface area contributed by atoms with E-state index in [-0.39, 0.29) is 18.4 Å². The van der Waals surface area contributed by atoms with Gasteiger partial charge in [-0.15, -0.1) is 0 Å². The molecule has 0 saturated heterocycles. The minimum atomic E-state index is -0.853. The highest BCUT2D eigenvalue weighted by molar-refractivity contribution is 5.91. The van der Waals surface area contributed by atoms with Crippen LogP contribution in [0, 0.1) is 12.8 Å². The number of aliphatic carboxylic acids is 1. The van der Waals surface area contributed by atoms with Crippen LogP contribution in [0.25, 0.3) is 0 Å². The van der Waals surface area contributed by atoms with Crippen LogP contribution in [0.2, 0.25) is 0 Å². The summed E-state index contributed by atoms with van der Waals surface area (Å²) in [6, 6.07) is 14.2. The van der Waals surface area contributed by atoms with E-state index in [0.717, 1.165) is 16.8 Å². The zero-order valence-electron chi connectivity index (χ0n) is 16.6. The SMILES string of the molecule is Cc1ccc(NC(=O)COc2cccc(CNC(CC(C)C)C(=O)O)c2)cc1. The molecule has 0 aliphatic heterocycles. The molecule has 1 amide bonds. The van der Waals surface area contributed by atoms with Crippen molar-refractivity contribution in [1.82, 2.24) is 5.32 Å². The van der Waals surface area contributed by atoms with Crippen molar-refractivity contribution < 1.29 is 19.4 Å². The average Bonchev–Trinajstić information content (AvgIpc) is 2.65. The van der Waals surface area contributed by atoms with Crippen molar-refractivity contribution in [1.29, 1.82) is 0 Å². The fourth-order valence-corrected chi connectivity index (χ4v) is 2.71. The molecule has 2 aromatic rings. The third kappa shape index (κ3) is 7.40. The molecule has 6 nitrogen and oxygen atoms in total. The summed E-state index contributed by atoms with van der Waals surface area (Å²) in [5.74, 6) is -0.242. The molecule has 150 valence electrons. The molecule has 1 atom stereocenters. The van der Waals surface area contributed by atoms with Crippen LogP contribution >= 0.6 is 0 Å². The smallest absolute Gasteiger partial charge is 0.320 e. The first kappa shape index (κ1) is 21.4. The molecule has 0 aliphatic rings. The largest absolute Gasteiger partial charge is 0.484 e. The van der Waals surface area contributed by atoms with E-state index in [4.69, 9.17) is 4.74 Å². The number of benzene rings is 2.